The van der Waals surface area contributed by atoms with E-state index in [9.17, 15) is 30.2 Å². The molecular weight excluding hydrogens is 692 g/mol. The number of aromatic nitrogens is 2. The van der Waals surface area contributed by atoms with Crippen molar-refractivity contribution in [2.24, 2.45) is 56.7 Å². The van der Waals surface area contributed by atoms with Gasteiger partial charge in [0.15, 0.2) is 5.69 Å². The van der Waals surface area contributed by atoms with Gasteiger partial charge in [-0.15, -0.1) is 0 Å². The molecule has 5 aliphatic carbocycles. The lowest BCUT2D eigenvalue weighted by Crippen LogP contribution is -2.67. The number of fused-ring (bicyclic) bond motifs is 8. The van der Waals surface area contributed by atoms with Gasteiger partial charge in [-0.1, -0.05) is 46.8 Å². The average Bonchev–Trinajstić information content (AvgIpc) is 3.71. The molecule has 0 N–H and O–H groups in total. The highest BCUT2D eigenvalue weighted by molar-refractivity contribution is 5.97. The molecule has 14 heteroatoms. The SMILES string of the molecule is C=C(C)[C@@H]1CC[C@]2(C(=O)N3CCN(c4c([N+](=O)[O-])cc([N+](=O)[O-])c5no[n+]([O-])c45)CC3)CC[C@]3(C)[C@H](CC[C@@H]4[C@@]5(C)CCC(=O)C(C)(C)[C@@H]5CC[C@]43C)[C@@H]12. The number of allylic oxidation sites excluding steroid dienone is 1. The quantitative estimate of drug-likeness (QED) is 0.132. The molecule has 9 atom stereocenters. The number of piperazine rings is 1. The van der Waals surface area contributed by atoms with Crippen LogP contribution in [0.2, 0.25) is 0 Å². The maximum atomic E-state index is 15.2. The first-order chi connectivity index (χ1) is 25.3. The Morgan fingerprint density at radius 3 is 2.24 bits per heavy atom. The predicted octanol–water partition coefficient (Wildman–Crippen LogP) is 7.15. The fraction of sp³-hybridized carbons (Fsp3) is 0.750. The van der Waals surface area contributed by atoms with E-state index < -0.39 is 26.6 Å². The molecule has 5 saturated carbocycles. The Bertz CT molecular complexity index is 1990. The van der Waals surface area contributed by atoms with Crippen LogP contribution in [0.5, 0.6) is 0 Å². The second-order valence-corrected chi connectivity index (χ2v) is 19.2. The molecule has 1 aliphatic heterocycles. The summed E-state index contributed by atoms with van der Waals surface area (Å²) in [5.41, 5.74) is -1.53. The molecule has 1 amide bonds. The van der Waals surface area contributed by atoms with E-state index >= 15 is 4.79 Å². The van der Waals surface area contributed by atoms with Gasteiger partial charge < -0.3 is 15.0 Å². The highest BCUT2D eigenvalue weighted by Crippen LogP contribution is 2.77. The molecule has 54 heavy (non-hydrogen) atoms. The van der Waals surface area contributed by atoms with E-state index in [0.717, 1.165) is 69.4 Å². The Labute approximate surface area is 315 Å². The van der Waals surface area contributed by atoms with Crippen LogP contribution in [-0.4, -0.2) is 57.8 Å². The van der Waals surface area contributed by atoms with Gasteiger partial charge in [0.25, 0.3) is 5.52 Å². The van der Waals surface area contributed by atoms with E-state index in [2.05, 4.69) is 53.3 Å². The summed E-state index contributed by atoms with van der Waals surface area (Å²) < 4.78 is 4.70. The van der Waals surface area contributed by atoms with Crippen molar-refractivity contribution < 1.29 is 29.0 Å². The second-order valence-electron chi connectivity index (χ2n) is 19.2. The number of hydrogen-bond acceptors (Lipinski definition) is 10. The van der Waals surface area contributed by atoms with Crippen LogP contribution in [0.1, 0.15) is 106 Å². The van der Waals surface area contributed by atoms with Crippen LogP contribution >= 0.6 is 0 Å². The van der Waals surface area contributed by atoms with Crippen LogP contribution in [0.3, 0.4) is 0 Å². The van der Waals surface area contributed by atoms with Crippen LogP contribution in [0.15, 0.2) is 22.8 Å². The molecule has 2 heterocycles. The first-order valence-electron chi connectivity index (χ1n) is 19.9. The number of nitrogens with zero attached hydrogens (tertiary/aromatic N) is 6. The van der Waals surface area contributed by atoms with Gasteiger partial charge >= 0.3 is 16.9 Å². The molecule has 0 spiro atoms. The second kappa shape index (κ2) is 11.9. The van der Waals surface area contributed by atoms with Crippen molar-refractivity contribution >= 4 is 39.8 Å². The van der Waals surface area contributed by atoms with Gasteiger partial charge in [-0.05, 0) is 115 Å². The fourth-order valence-electron chi connectivity index (χ4n) is 14.4. The van der Waals surface area contributed by atoms with E-state index in [1.54, 1.807) is 4.90 Å². The summed E-state index contributed by atoms with van der Waals surface area (Å²) in [5.74, 6) is 2.24. The number of carbonyl (C=O) groups excluding carboxylic acids is 2. The lowest BCUT2D eigenvalue weighted by molar-refractivity contribution is -0.782. The largest absolute Gasteiger partial charge is 0.359 e. The number of hydrogen-bond donors (Lipinski definition) is 0. The first-order valence-corrected chi connectivity index (χ1v) is 19.9. The Morgan fingerprint density at radius 2 is 1.59 bits per heavy atom. The van der Waals surface area contributed by atoms with Gasteiger partial charge in [0.05, 0.1) is 20.4 Å². The smallest absolute Gasteiger partial charge is 0.334 e. The summed E-state index contributed by atoms with van der Waals surface area (Å²) in [4.78, 5) is 54.3. The molecule has 0 bridgehead atoms. The zero-order valence-corrected chi connectivity index (χ0v) is 32.5. The normalized spacial score (nSPS) is 38.6. The number of anilines is 1. The molecule has 6 fully saturated rings. The van der Waals surface area contributed by atoms with Gasteiger partial charge in [-0.25, -0.2) is 0 Å². The van der Waals surface area contributed by atoms with E-state index in [0.29, 0.717) is 43.0 Å². The maximum Gasteiger partial charge on any atom is 0.334 e. The molecule has 1 aromatic heterocycles. The van der Waals surface area contributed by atoms with Gasteiger partial charge in [0.2, 0.25) is 5.91 Å². The standard InChI is InChI=1S/C40H54N6O8/c1-23(2)24-10-15-40(35(48)43-20-18-42(19-21-43)33-27(45(51)52)22-26(44(49)50)32-34(33)46(53)54-41-32)17-16-38(6)25(31(24)40)8-9-29-37(5)13-12-30(47)36(3,4)28(37)11-14-39(29,38)7/h22,24-25,28-29,31H,1,8-21H2,2-7H3/t24-,25+,28-,29+,31+,37-,38+,39+,40-/m0/s1. The Morgan fingerprint density at radius 1 is 0.907 bits per heavy atom. The number of rotatable bonds is 5. The fourth-order valence-corrected chi connectivity index (χ4v) is 14.4. The zero-order valence-electron chi connectivity index (χ0n) is 32.5. The van der Waals surface area contributed by atoms with E-state index in [4.69, 9.17) is 4.63 Å². The van der Waals surface area contributed by atoms with Crippen molar-refractivity contribution in [3.05, 3.63) is 43.7 Å². The number of nitro benzene ring substituents is 2. The van der Waals surface area contributed by atoms with Crippen LogP contribution in [-0.2, 0) is 9.59 Å². The molecule has 14 nitrogen and oxygen atoms in total. The summed E-state index contributed by atoms with van der Waals surface area (Å²) in [5, 5.41) is 40.2. The van der Waals surface area contributed by atoms with Gasteiger partial charge in [-0.2, -0.15) is 0 Å². The number of non-ortho nitro benzene ring substituents is 1. The van der Waals surface area contributed by atoms with E-state index in [-0.39, 0.29) is 74.1 Å². The number of ketones is 1. The number of Topliss-reactive ketones (excluding diaryl/α,β-unsaturated/α-hetero) is 1. The molecule has 0 unspecified atom stereocenters. The van der Waals surface area contributed by atoms with Gasteiger partial charge in [-0.3, -0.25) is 34.4 Å². The van der Waals surface area contributed by atoms with Crippen molar-refractivity contribution in [3.63, 3.8) is 0 Å². The Balaban J connectivity index is 1.09. The summed E-state index contributed by atoms with van der Waals surface area (Å²) in [6, 6.07) is 0.827. The monoisotopic (exact) mass is 746 g/mol. The third-order valence-corrected chi connectivity index (χ3v) is 17.1. The zero-order chi connectivity index (χ0) is 38.9. The average molecular weight is 747 g/mol. The third-order valence-electron chi connectivity index (χ3n) is 17.1. The lowest BCUT2D eigenvalue weighted by atomic mass is 9.32. The highest BCUT2D eigenvalue weighted by atomic mass is 16.8. The van der Waals surface area contributed by atoms with Crippen LogP contribution in [0.4, 0.5) is 17.1 Å². The summed E-state index contributed by atoms with van der Waals surface area (Å²) in [7, 11) is 0. The van der Waals surface area contributed by atoms with E-state index in [1.807, 2.05) is 4.90 Å². The summed E-state index contributed by atoms with van der Waals surface area (Å²) >= 11 is 0. The molecule has 8 rings (SSSR count). The minimum Gasteiger partial charge on any atom is -0.359 e. The van der Waals surface area contributed by atoms with E-state index in [1.165, 1.54) is 0 Å². The topological polar surface area (TPSA) is 180 Å². The van der Waals surface area contributed by atoms with Crippen LogP contribution < -0.4 is 9.80 Å². The van der Waals surface area contributed by atoms with Crippen molar-refractivity contribution in [1.82, 2.24) is 10.1 Å². The third kappa shape index (κ3) is 4.69. The number of amides is 1. The Hall–Kier alpha value is -4.10. The first kappa shape index (κ1) is 36.9. The maximum absolute atomic E-state index is 15.2. The molecular formula is C40H54N6O8. The van der Waals surface area contributed by atoms with Crippen LogP contribution in [0, 0.1) is 82.1 Å². The highest BCUT2D eigenvalue weighted by Gasteiger charge is 2.72. The molecule has 1 saturated heterocycles. The molecule has 1 aromatic carbocycles. The van der Waals surface area contributed by atoms with Crippen molar-refractivity contribution in [2.45, 2.75) is 106 Å². The van der Waals surface area contributed by atoms with Gasteiger partial charge in [0.1, 0.15) is 11.8 Å². The van der Waals surface area contributed by atoms with Crippen molar-refractivity contribution in [1.29, 1.82) is 0 Å². The summed E-state index contributed by atoms with van der Waals surface area (Å²) in [6.07, 6.45) is 9.50. The summed E-state index contributed by atoms with van der Waals surface area (Å²) in [6.45, 7) is 19.6. The van der Waals surface area contributed by atoms with Crippen molar-refractivity contribution in [2.75, 3.05) is 31.1 Å². The molecule has 2 aromatic rings. The minimum atomic E-state index is -0.820. The minimum absolute atomic E-state index is 0.0161. The predicted molar refractivity (Wildman–Crippen MR) is 199 cm³/mol. The molecule has 6 aliphatic rings. The van der Waals surface area contributed by atoms with Crippen molar-refractivity contribution in [3.8, 4) is 0 Å². The lowest BCUT2D eigenvalue weighted by Gasteiger charge is -2.72. The Kier molecular flexibility index (Phi) is 8.16. The number of nitro groups is 2. The molecule has 0 radical (unpaired) electrons. The van der Waals surface area contributed by atoms with Crippen LogP contribution in [0.25, 0.3) is 11.0 Å². The number of benzene rings is 1. The molecule has 292 valence electrons. The number of carbonyl (C=O) groups is 2. The van der Waals surface area contributed by atoms with Gasteiger partial charge in [0, 0.05) is 38.0 Å².